The molecule has 1 aliphatic rings. The van der Waals surface area contributed by atoms with Gasteiger partial charge in [0.2, 0.25) is 5.91 Å². The fourth-order valence-corrected chi connectivity index (χ4v) is 3.06. The van der Waals surface area contributed by atoms with E-state index in [1.54, 1.807) is 6.20 Å². The van der Waals surface area contributed by atoms with Crippen molar-refractivity contribution >= 4 is 34.3 Å². The summed E-state index contributed by atoms with van der Waals surface area (Å²) in [4.78, 5) is 21.2. The zero-order valence-electron chi connectivity index (χ0n) is 14.5. The lowest BCUT2D eigenvalue weighted by atomic mass is 10.0. The molecule has 1 atom stereocenters. The van der Waals surface area contributed by atoms with E-state index in [-0.39, 0.29) is 11.8 Å². The maximum atomic E-state index is 12.5. The summed E-state index contributed by atoms with van der Waals surface area (Å²) in [5.74, 6) is 0.265. The lowest BCUT2D eigenvalue weighted by Gasteiger charge is -2.12. The highest BCUT2D eigenvalue weighted by atomic mass is 16.1. The molecule has 0 fully saturated rings. The van der Waals surface area contributed by atoms with Crippen molar-refractivity contribution in [3.05, 3.63) is 78.0 Å². The Morgan fingerprint density at radius 3 is 2.69 bits per heavy atom. The van der Waals surface area contributed by atoms with Crippen LogP contribution in [0.1, 0.15) is 24.0 Å². The fourth-order valence-electron chi connectivity index (χ4n) is 3.06. The SMILES string of the molecule is CC(C(=O)Nc1cc2cc(C3=CCN=C3)ccc2cn1)c1ccccc1. The molecule has 4 nitrogen and oxygen atoms in total. The molecule has 1 aromatic heterocycles. The molecule has 0 saturated heterocycles. The van der Waals surface area contributed by atoms with Gasteiger partial charge in [0.25, 0.3) is 0 Å². The molecule has 0 spiro atoms. The van der Waals surface area contributed by atoms with E-state index in [4.69, 9.17) is 0 Å². The molecular weight excluding hydrogens is 322 g/mol. The number of anilines is 1. The number of benzene rings is 2. The monoisotopic (exact) mass is 341 g/mol. The predicted molar refractivity (Wildman–Crippen MR) is 107 cm³/mol. The number of fused-ring (bicyclic) bond motifs is 1. The molecule has 1 N–H and O–H groups in total. The number of nitrogens with one attached hydrogen (secondary N) is 1. The normalized spacial score (nSPS) is 14.3. The number of rotatable bonds is 4. The number of aliphatic imine (C=N–C) groups is 1. The summed E-state index contributed by atoms with van der Waals surface area (Å²) in [7, 11) is 0. The predicted octanol–water partition coefficient (Wildman–Crippen LogP) is 4.44. The van der Waals surface area contributed by atoms with Gasteiger partial charge in [-0.15, -0.1) is 0 Å². The van der Waals surface area contributed by atoms with E-state index < -0.39 is 0 Å². The first kappa shape index (κ1) is 16.2. The number of hydrogen-bond donors (Lipinski definition) is 1. The van der Waals surface area contributed by atoms with Crippen molar-refractivity contribution < 1.29 is 4.79 Å². The average Bonchev–Trinajstić information content (AvgIpc) is 3.22. The molecule has 128 valence electrons. The van der Waals surface area contributed by atoms with Crippen LogP contribution in [0.4, 0.5) is 5.82 Å². The van der Waals surface area contributed by atoms with Crippen LogP contribution in [0.15, 0.2) is 71.9 Å². The van der Waals surface area contributed by atoms with E-state index in [0.29, 0.717) is 5.82 Å². The highest BCUT2D eigenvalue weighted by Gasteiger charge is 2.15. The van der Waals surface area contributed by atoms with Gasteiger partial charge in [-0.3, -0.25) is 9.79 Å². The van der Waals surface area contributed by atoms with Crippen molar-refractivity contribution in [3.63, 3.8) is 0 Å². The van der Waals surface area contributed by atoms with E-state index >= 15 is 0 Å². The van der Waals surface area contributed by atoms with Gasteiger partial charge in [-0.05, 0) is 41.1 Å². The Labute approximate surface area is 152 Å². The van der Waals surface area contributed by atoms with Crippen molar-refractivity contribution in [2.45, 2.75) is 12.8 Å². The third-order valence-corrected chi connectivity index (χ3v) is 4.65. The van der Waals surface area contributed by atoms with E-state index in [9.17, 15) is 4.79 Å². The van der Waals surface area contributed by atoms with Crippen LogP contribution >= 0.6 is 0 Å². The van der Waals surface area contributed by atoms with Crippen molar-refractivity contribution in [2.75, 3.05) is 11.9 Å². The first-order valence-corrected chi connectivity index (χ1v) is 8.67. The summed E-state index contributed by atoms with van der Waals surface area (Å²) >= 11 is 0. The second-order valence-corrected chi connectivity index (χ2v) is 6.41. The van der Waals surface area contributed by atoms with Crippen molar-refractivity contribution in [3.8, 4) is 0 Å². The fraction of sp³-hybridized carbons (Fsp3) is 0.136. The molecule has 3 aromatic rings. The Hall–Kier alpha value is -3.27. The summed E-state index contributed by atoms with van der Waals surface area (Å²) in [5, 5.41) is 5.01. The van der Waals surface area contributed by atoms with Crippen LogP contribution < -0.4 is 5.32 Å². The molecule has 2 aromatic carbocycles. The van der Waals surface area contributed by atoms with Gasteiger partial charge in [0.15, 0.2) is 0 Å². The number of hydrogen-bond acceptors (Lipinski definition) is 3. The van der Waals surface area contributed by atoms with Gasteiger partial charge in [0.1, 0.15) is 5.82 Å². The van der Waals surface area contributed by atoms with Gasteiger partial charge in [0.05, 0.1) is 12.5 Å². The molecule has 4 heteroatoms. The minimum atomic E-state index is -0.236. The maximum absolute atomic E-state index is 12.5. The van der Waals surface area contributed by atoms with Gasteiger partial charge in [0, 0.05) is 17.8 Å². The summed E-state index contributed by atoms with van der Waals surface area (Å²) < 4.78 is 0. The van der Waals surface area contributed by atoms with Crippen LogP contribution in [0.2, 0.25) is 0 Å². The number of allylic oxidation sites excluding steroid dienone is 1. The molecule has 0 aliphatic carbocycles. The third-order valence-electron chi connectivity index (χ3n) is 4.65. The molecule has 0 bridgehead atoms. The molecular formula is C22H19N3O. The van der Waals surface area contributed by atoms with E-state index in [2.05, 4.69) is 33.5 Å². The van der Waals surface area contributed by atoms with Gasteiger partial charge in [-0.25, -0.2) is 4.98 Å². The summed E-state index contributed by atoms with van der Waals surface area (Å²) in [5.41, 5.74) is 3.24. The lowest BCUT2D eigenvalue weighted by molar-refractivity contribution is -0.117. The Morgan fingerprint density at radius 2 is 1.92 bits per heavy atom. The number of pyridine rings is 1. The first-order valence-electron chi connectivity index (χ1n) is 8.67. The second kappa shape index (κ2) is 6.92. The van der Waals surface area contributed by atoms with E-state index in [1.807, 2.05) is 55.6 Å². The minimum absolute atomic E-state index is 0.0650. The Balaban J connectivity index is 1.58. The highest BCUT2D eigenvalue weighted by molar-refractivity contribution is 6.12. The zero-order valence-corrected chi connectivity index (χ0v) is 14.5. The van der Waals surface area contributed by atoms with E-state index in [1.165, 1.54) is 0 Å². The largest absolute Gasteiger partial charge is 0.310 e. The van der Waals surface area contributed by atoms with Crippen LogP contribution in [-0.2, 0) is 4.79 Å². The molecule has 4 rings (SSSR count). The van der Waals surface area contributed by atoms with Gasteiger partial charge in [-0.1, -0.05) is 48.5 Å². The third kappa shape index (κ3) is 3.26. The Bertz CT molecular complexity index is 1020. The second-order valence-electron chi connectivity index (χ2n) is 6.41. The average molecular weight is 341 g/mol. The van der Waals surface area contributed by atoms with Gasteiger partial charge < -0.3 is 5.32 Å². The number of carbonyl (C=O) groups excluding carboxylic acids is 1. The van der Waals surface area contributed by atoms with Crippen LogP contribution in [0, 0.1) is 0 Å². The van der Waals surface area contributed by atoms with Gasteiger partial charge >= 0.3 is 0 Å². The smallest absolute Gasteiger partial charge is 0.232 e. The van der Waals surface area contributed by atoms with Crippen molar-refractivity contribution in [1.29, 1.82) is 0 Å². The lowest BCUT2D eigenvalue weighted by Crippen LogP contribution is -2.19. The van der Waals surface area contributed by atoms with Crippen molar-refractivity contribution in [1.82, 2.24) is 4.98 Å². The van der Waals surface area contributed by atoms with Gasteiger partial charge in [-0.2, -0.15) is 0 Å². The molecule has 0 saturated carbocycles. The number of carbonyl (C=O) groups is 1. The van der Waals surface area contributed by atoms with Crippen LogP contribution in [0.3, 0.4) is 0 Å². The van der Waals surface area contributed by atoms with Crippen molar-refractivity contribution in [2.24, 2.45) is 4.99 Å². The molecule has 26 heavy (non-hydrogen) atoms. The van der Waals surface area contributed by atoms with Crippen LogP contribution in [0.25, 0.3) is 16.3 Å². The summed E-state index contributed by atoms with van der Waals surface area (Å²) in [6, 6.07) is 17.9. The summed E-state index contributed by atoms with van der Waals surface area (Å²) in [6.45, 7) is 2.64. The number of amides is 1. The summed E-state index contributed by atoms with van der Waals surface area (Å²) in [6.07, 6.45) is 5.79. The first-order chi connectivity index (χ1) is 12.7. The van der Waals surface area contributed by atoms with Crippen LogP contribution in [0.5, 0.6) is 0 Å². The Kier molecular flexibility index (Phi) is 4.32. The standard InChI is InChI=1S/C22H19N3O/c1-15(16-5-3-2-4-6-16)22(26)25-21-12-20-11-17(19-9-10-23-13-19)7-8-18(20)14-24-21/h2-9,11-15H,10H2,1H3,(H,24,25,26). The quantitative estimate of drug-likeness (QED) is 0.762. The van der Waals surface area contributed by atoms with E-state index in [0.717, 1.165) is 34.0 Å². The molecule has 1 aliphatic heterocycles. The molecule has 0 radical (unpaired) electrons. The molecule has 1 amide bonds. The zero-order chi connectivity index (χ0) is 17.9. The Morgan fingerprint density at radius 1 is 1.08 bits per heavy atom. The highest BCUT2D eigenvalue weighted by Crippen LogP contribution is 2.24. The topological polar surface area (TPSA) is 54.4 Å². The molecule has 2 heterocycles. The van der Waals surface area contributed by atoms with Crippen LogP contribution in [-0.4, -0.2) is 23.7 Å². The minimum Gasteiger partial charge on any atom is -0.310 e. The molecule has 1 unspecified atom stereocenters. The number of aromatic nitrogens is 1. The maximum Gasteiger partial charge on any atom is 0.232 e. The number of nitrogens with zero attached hydrogens (tertiary/aromatic N) is 2.